The van der Waals surface area contributed by atoms with Crippen LogP contribution in [0.2, 0.25) is 0 Å². The van der Waals surface area contributed by atoms with Gasteiger partial charge in [-0.2, -0.15) is 0 Å². The minimum Gasteiger partial charge on any atom is -0.477 e. The van der Waals surface area contributed by atoms with Gasteiger partial charge in [0.05, 0.1) is 5.52 Å². The van der Waals surface area contributed by atoms with Crippen molar-refractivity contribution in [3.63, 3.8) is 0 Å². The molecule has 3 rings (SSSR count). The van der Waals surface area contributed by atoms with Crippen LogP contribution in [0.25, 0.3) is 22.0 Å². The lowest BCUT2D eigenvalue weighted by Gasteiger charge is -2.08. The number of carboxylic acid groups (broad SMARTS) is 1. The maximum atomic E-state index is 14.5. The number of aromatic amines is 1. The minimum atomic E-state index is -1.35. The van der Waals surface area contributed by atoms with Crippen LogP contribution in [0.5, 0.6) is 0 Å². The van der Waals surface area contributed by atoms with E-state index in [1.165, 1.54) is 6.07 Å². The molecule has 0 amide bonds. The summed E-state index contributed by atoms with van der Waals surface area (Å²) in [4.78, 5) is 30.1. The molecule has 2 heterocycles. The lowest BCUT2D eigenvalue weighted by atomic mass is 10.0. The summed E-state index contributed by atoms with van der Waals surface area (Å²) in [6.07, 6.45) is 1.12. The number of aromatic carboxylic acids is 1. The van der Waals surface area contributed by atoms with Crippen LogP contribution in [0, 0.1) is 19.7 Å². The molecule has 0 unspecified atom stereocenters. The molecule has 0 aliphatic carbocycles. The molecule has 0 atom stereocenters. The Hall–Kier alpha value is -3.02. The Kier molecular flexibility index (Phi) is 3.44. The van der Waals surface area contributed by atoms with Gasteiger partial charge in [0.25, 0.3) is 0 Å². The first-order valence-corrected chi connectivity index (χ1v) is 6.90. The first kappa shape index (κ1) is 14.9. The van der Waals surface area contributed by atoms with E-state index in [1.807, 2.05) is 13.8 Å². The quantitative estimate of drug-likeness (QED) is 0.762. The highest BCUT2D eigenvalue weighted by Crippen LogP contribution is 2.27. The smallest absolute Gasteiger partial charge is 0.341 e. The standard InChI is InChI=1S/C17H13FN2O3/c1-8-3-10(4-9(2)20-8)11-6-15-12(5-14(11)18)16(21)13(7-19-15)17(22)23/h3-7H,1-2H3,(H,19,21)(H,22,23). The highest BCUT2D eigenvalue weighted by Gasteiger charge is 2.15. The molecule has 0 saturated heterocycles. The molecule has 6 heteroatoms. The van der Waals surface area contributed by atoms with Gasteiger partial charge in [-0.05, 0) is 43.7 Å². The number of carbonyl (C=O) groups is 1. The molecular weight excluding hydrogens is 299 g/mol. The van der Waals surface area contributed by atoms with E-state index in [2.05, 4.69) is 9.97 Å². The zero-order valence-electron chi connectivity index (χ0n) is 12.5. The van der Waals surface area contributed by atoms with Crippen molar-refractivity contribution in [1.29, 1.82) is 0 Å². The average molecular weight is 312 g/mol. The van der Waals surface area contributed by atoms with E-state index in [1.54, 1.807) is 12.1 Å². The first-order valence-electron chi connectivity index (χ1n) is 6.90. The number of H-pyrrole nitrogens is 1. The number of rotatable bonds is 2. The summed E-state index contributed by atoms with van der Waals surface area (Å²) in [6.45, 7) is 3.63. The summed E-state index contributed by atoms with van der Waals surface area (Å²) in [7, 11) is 0. The summed E-state index contributed by atoms with van der Waals surface area (Å²) in [5.41, 5.74) is 1.74. The summed E-state index contributed by atoms with van der Waals surface area (Å²) in [5.74, 6) is -1.94. The van der Waals surface area contributed by atoms with Crippen molar-refractivity contribution in [2.45, 2.75) is 13.8 Å². The predicted molar refractivity (Wildman–Crippen MR) is 84.2 cm³/mol. The Morgan fingerprint density at radius 2 is 1.83 bits per heavy atom. The molecular formula is C17H13FN2O3. The normalized spacial score (nSPS) is 10.9. The third-order valence-electron chi connectivity index (χ3n) is 3.59. The van der Waals surface area contributed by atoms with E-state index >= 15 is 0 Å². The van der Waals surface area contributed by atoms with Crippen LogP contribution in [0.15, 0.2) is 35.3 Å². The number of aryl methyl sites for hydroxylation is 2. The number of halogens is 1. The van der Waals surface area contributed by atoms with Gasteiger partial charge in [0.15, 0.2) is 0 Å². The lowest BCUT2D eigenvalue weighted by Crippen LogP contribution is -2.15. The molecule has 2 N–H and O–H groups in total. The maximum Gasteiger partial charge on any atom is 0.341 e. The zero-order valence-corrected chi connectivity index (χ0v) is 12.5. The number of benzene rings is 1. The molecule has 116 valence electrons. The summed E-state index contributed by atoms with van der Waals surface area (Å²) in [6, 6.07) is 6.08. The van der Waals surface area contributed by atoms with Crippen molar-refractivity contribution in [1.82, 2.24) is 9.97 Å². The number of pyridine rings is 2. The summed E-state index contributed by atoms with van der Waals surface area (Å²) in [5, 5.41) is 8.98. The fourth-order valence-corrected chi connectivity index (χ4v) is 2.61. The molecule has 0 spiro atoms. The van der Waals surface area contributed by atoms with Gasteiger partial charge in [-0.3, -0.25) is 9.78 Å². The second kappa shape index (κ2) is 5.31. The van der Waals surface area contributed by atoms with E-state index in [9.17, 15) is 14.0 Å². The summed E-state index contributed by atoms with van der Waals surface area (Å²) >= 11 is 0. The van der Waals surface area contributed by atoms with Crippen LogP contribution >= 0.6 is 0 Å². The van der Waals surface area contributed by atoms with Gasteiger partial charge in [0.2, 0.25) is 5.43 Å². The van der Waals surface area contributed by atoms with Gasteiger partial charge < -0.3 is 10.1 Å². The van der Waals surface area contributed by atoms with E-state index in [0.717, 1.165) is 23.7 Å². The van der Waals surface area contributed by atoms with Crippen LogP contribution in [-0.2, 0) is 0 Å². The largest absolute Gasteiger partial charge is 0.477 e. The van der Waals surface area contributed by atoms with Crippen molar-refractivity contribution in [2.24, 2.45) is 0 Å². The minimum absolute atomic E-state index is 0.00801. The third-order valence-corrected chi connectivity index (χ3v) is 3.59. The van der Waals surface area contributed by atoms with Gasteiger partial charge in [0, 0.05) is 28.5 Å². The van der Waals surface area contributed by atoms with Crippen LogP contribution in [0.1, 0.15) is 21.7 Å². The number of carboxylic acids is 1. The first-order chi connectivity index (χ1) is 10.9. The SMILES string of the molecule is Cc1cc(-c2cc3[nH]cc(C(=O)O)c(=O)c3cc2F)cc(C)n1. The molecule has 0 radical (unpaired) electrons. The molecule has 1 aromatic carbocycles. The highest BCUT2D eigenvalue weighted by atomic mass is 19.1. The lowest BCUT2D eigenvalue weighted by molar-refractivity contribution is 0.0695. The Labute approximate surface area is 130 Å². The fraction of sp³-hybridized carbons (Fsp3) is 0.118. The Morgan fingerprint density at radius 3 is 2.43 bits per heavy atom. The molecule has 2 aromatic heterocycles. The number of hydrogen-bond acceptors (Lipinski definition) is 3. The second-order valence-corrected chi connectivity index (χ2v) is 5.35. The van der Waals surface area contributed by atoms with Crippen LogP contribution < -0.4 is 5.43 Å². The molecule has 23 heavy (non-hydrogen) atoms. The average Bonchev–Trinajstić information content (AvgIpc) is 2.46. The van der Waals surface area contributed by atoms with E-state index in [0.29, 0.717) is 16.6 Å². The number of nitrogens with one attached hydrogen (secondary N) is 1. The van der Waals surface area contributed by atoms with Gasteiger partial charge in [-0.1, -0.05) is 0 Å². The zero-order chi connectivity index (χ0) is 16.7. The van der Waals surface area contributed by atoms with E-state index in [4.69, 9.17) is 5.11 Å². The molecule has 0 bridgehead atoms. The van der Waals surface area contributed by atoms with Gasteiger partial charge in [0.1, 0.15) is 11.4 Å². The summed E-state index contributed by atoms with van der Waals surface area (Å²) < 4.78 is 14.5. The molecule has 0 aliphatic heterocycles. The molecule has 0 fully saturated rings. The molecule has 3 aromatic rings. The molecule has 0 aliphatic rings. The third kappa shape index (κ3) is 2.59. The second-order valence-electron chi connectivity index (χ2n) is 5.35. The Balaban J connectivity index is 2.29. The topological polar surface area (TPSA) is 83.0 Å². The van der Waals surface area contributed by atoms with Crippen LogP contribution in [-0.4, -0.2) is 21.0 Å². The van der Waals surface area contributed by atoms with Crippen molar-refractivity contribution >= 4 is 16.9 Å². The Bertz CT molecular complexity index is 988. The van der Waals surface area contributed by atoms with Crippen molar-refractivity contribution in [3.05, 3.63) is 63.5 Å². The fourth-order valence-electron chi connectivity index (χ4n) is 2.61. The number of aromatic nitrogens is 2. The van der Waals surface area contributed by atoms with E-state index < -0.39 is 22.8 Å². The van der Waals surface area contributed by atoms with Crippen LogP contribution in [0.3, 0.4) is 0 Å². The van der Waals surface area contributed by atoms with Crippen molar-refractivity contribution < 1.29 is 14.3 Å². The molecule has 5 nitrogen and oxygen atoms in total. The van der Waals surface area contributed by atoms with E-state index in [-0.39, 0.29) is 5.39 Å². The van der Waals surface area contributed by atoms with Gasteiger partial charge in [-0.25, -0.2) is 9.18 Å². The molecule has 0 saturated carbocycles. The Morgan fingerprint density at radius 1 is 1.17 bits per heavy atom. The number of hydrogen-bond donors (Lipinski definition) is 2. The van der Waals surface area contributed by atoms with Gasteiger partial charge in [-0.15, -0.1) is 0 Å². The number of nitrogens with zero attached hydrogens (tertiary/aromatic N) is 1. The predicted octanol–water partition coefficient (Wildman–Crippen LogP) is 3.04. The number of fused-ring (bicyclic) bond motifs is 1. The highest BCUT2D eigenvalue weighted by molar-refractivity contribution is 5.93. The van der Waals surface area contributed by atoms with Crippen molar-refractivity contribution in [2.75, 3.05) is 0 Å². The maximum absolute atomic E-state index is 14.5. The van der Waals surface area contributed by atoms with Crippen LogP contribution in [0.4, 0.5) is 4.39 Å². The van der Waals surface area contributed by atoms with Crippen molar-refractivity contribution in [3.8, 4) is 11.1 Å². The monoisotopic (exact) mass is 312 g/mol. The van der Waals surface area contributed by atoms with Gasteiger partial charge >= 0.3 is 5.97 Å².